The Hall–Kier alpha value is -0.870. The van der Waals surface area contributed by atoms with Crippen molar-refractivity contribution in [3.8, 4) is 0 Å². The molecule has 1 atom stereocenters. The lowest BCUT2D eigenvalue weighted by molar-refractivity contribution is 0.116. The van der Waals surface area contributed by atoms with Gasteiger partial charge in [-0.1, -0.05) is 0 Å². The van der Waals surface area contributed by atoms with E-state index in [4.69, 9.17) is 0 Å². The summed E-state index contributed by atoms with van der Waals surface area (Å²) in [6.45, 7) is 6.10. The lowest BCUT2D eigenvalue weighted by Crippen LogP contribution is -2.55. The summed E-state index contributed by atoms with van der Waals surface area (Å²) in [4.78, 5) is 9.09. The molecule has 0 saturated carbocycles. The predicted molar refractivity (Wildman–Crippen MR) is 106 cm³/mol. The molecule has 8 heteroatoms. The summed E-state index contributed by atoms with van der Waals surface area (Å²) >= 11 is 0. The predicted octanol–water partition coefficient (Wildman–Crippen LogP) is 0.302. The van der Waals surface area contributed by atoms with Crippen LogP contribution >= 0.6 is 24.0 Å². The molecule has 1 fully saturated rings. The second-order valence-corrected chi connectivity index (χ2v) is 5.90. The highest BCUT2D eigenvalue weighted by Crippen LogP contribution is 2.04. The van der Waals surface area contributed by atoms with Gasteiger partial charge in [0, 0.05) is 64.8 Å². The minimum atomic E-state index is 0. The van der Waals surface area contributed by atoms with E-state index in [-0.39, 0.29) is 24.0 Å². The summed E-state index contributed by atoms with van der Waals surface area (Å²) in [6, 6.07) is 2.48. The van der Waals surface area contributed by atoms with Crippen LogP contribution in [0.4, 0.5) is 0 Å². The van der Waals surface area contributed by atoms with E-state index in [1.54, 1.807) is 0 Å². The number of rotatable bonds is 6. The standard InChI is InChI=1S/C15H29N7.HI/c1-16-15(17-6-4-8-22-9-5-7-19-22)18-12-14-13-20(2)10-11-21(14)3;/h5,7,9,14H,4,6,8,10-13H2,1-3H3,(H2,16,17,18);1H. The minimum Gasteiger partial charge on any atom is -0.356 e. The molecule has 1 unspecified atom stereocenters. The van der Waals surface area contributed by atoms with Gasteiger partial charge in [0.2, 0.25) is 0 Å². The van der Waals surface area contributed by atoms with Crippen LogP contribution in [0.2, 0.25) is 0 Å². The highest BCUT2D eigenvalue weighted by atomic mass is 127. The van der Waals surface area contributed by atoms with Gasteiger partial charge in [0.1, 0.15) is 0 Å². The van der Waals surface area contributed by atoms with Crippen molar-refractivity contribution in [2.24, 2.45) is 4.99 Å². The smallest absolute Gasteiger partial charge is 0.191 e. The van der Waals surface area contributed by atoms with E-state index in [1.165, 1.54) is 0 Å². The lowest BCUT2D eigenvalue weighted by atomic mass is 10.2. The van der Waals surface area contributed by atoms with Gasteiger partial charge in [-0.2, -0.15) is 5.10 Å². The van der Waals surface area contributed by atoms with E-state index >= 15 is 0 Å². The SMILES string of the molecule is CN=C(NCCCn1cccn1)NCC1CN(C)CCN1C.I. The molecule has 0 bridgehead atoms. The molecular weight excluding hydrogens is 405 g/mol. The zero-order chi connectivity index (χ0) is 15.8. The molecule has 1 aromatic heterocycles. The number of aromatic nitrogens is 2. The highest BCUT2D eigenvalue weighted by molar-refractivity contribution is 14.0. The zero-order valence-corrected chi connectivity index (χ0v) is 16.7. The van der Waals surface area contributed by atoms with Gasteiger partial charge in [-0.25, -0.2) is 0 Å². The van der Waals surface area contributed by atoms with Crippen LogP contribution in [0.1, 0.15) is 6.42 Å². The number of guanidine groups is 1. The van der Waals surface area contributed by atoms with E-state index < -0.39 is 0 Å². The van der Waals surface area contributed by atoms with E-state index in [1.807, 2.05) is 30.2 Å². The topological polar surface area (TPSA) is 60.7 Å². The summed E-state index contributed by atoms with van der Waals surface area (Å²) in [5.74, 6) is 0.877. The van der Waals surface area contributed by atoms with Crippen LogP contribution in [0.25, 0.3) is 0 Å². The van der Waals surface area contributed by atoms with Crippen LogP contribution in [0.3, 0.4) is 0 Å². The number of aryl methyl sites for hydroxylation is 1. The van der Waals surface area contributed by atoms with Crippen molar-refractivity contribution >= 4 is 29.9 Å². The third-order valence-electron chi connectivity index (χ3n) is 4.12. The Kier molecular flexibility index (Phi) is 9.49. The molecule has 2 rings (SSSR count). The molecule has 1 saturated heterocycles. The summed E-state index contributed by atoms with van der Waals surface area (Å²) in [6.07, 6.45) is 4.82. The van der Waals surface area contributed by atoms with Crippen molar-refractivity contribution in [2.75, 3.05) is 53.9 Å². The number of halogens is 1. The maximum absolute atomic E-state index is 4.29. The maximum Gasteiger partial charge on any atom is 0.191 e. The Bertz CT molecular complexity index is 449. The molecule has 1 aromatic rings. The first kappa shape index (κ1) is 20.2. The van der Waals surface area contributed by atoms with Crippen molar-refractivity contribution in [1.82, 2.24) is 30.2 Å². The number of hydrogen-bond donors (Lipinski definition) is 2. The molecule has 2 N–H and O–H groups in total. The van der Waals surface area contributed by atoms with Crippen LogP contribution in [-0.4, -0.2) is 85.4 Å². The maximum atomic E-state index is 4.29. The van der Waals surface area contributed by atoms with Gasteiger partial charge in [0.25, 0.3) is 0 Å². The minimum absolute atomic E-state index is 0. The molecule has 2 heterocycles. The van der Waals surface area contributed by atoms with Crippen LogP contribution in [-0.2, 0) is 6.54 Å². The van der Waals surface area contributed by atoms with Crippen molar-refractivity contribution in [2.45, 2.75) is 19.0 Å². The molecule has 0 radical (unpaired) electrons. The van der Waals surface area contributed by atoms with Crippen LogP contribution < -0.4 is 10.6 Å². The molecule has 1 aliphatic heterocycles. The third kappa shape index (κ3) is 7.05. The number of aliphatic imine (C=N–C) groups is 1. The van der Waals surface area contributed by atoms with Crippen LogP contribution in [0.15, 0.2) is 23.5 Å². The fraction of sp³-hybridized carbons (Fsp3) is 0.733. The van der Waals surface area contributed by atoms with Crippen molar-refractivity contribution in [3.05, 3.63) is 18.5 Å². The molecule has 0 spiro atoms. The number of nitrogens with one attached hydrogen (secondary N) is 2. The number of hydrogen-bond acceptors (Lipinski definition) is 4. The van der Waals surface area contributed by atoms with E-state index in [2.05, 4.69) is 44.6 Å². The van der Waals surface area contributed by atoms with Gasteiger partial charge in [-0.05, 0) is 26.6 Å². The number of likely N-dealkylation sites (N-methyl/N-ethyl adjacent to an activating group) is 2. The van der Waals surface area contributed by atoms with E-state index in [0.29, 0.717) is 6.04 Å². The Morgan fingerprint density at radius 3 is 2.83 bits per heavy atom. The second kappa shape index (κ2) is 10.8. The molecule has 0 aliphatic carbocycles. The first-order valence-electron chi connectivity index (χ1n) is 8.00. The molecule has 0 amide bonds. The van der Waals surface area contributed by atoms with Crippen molar-refractivity contribution in [3.63, 3.8) is 0 Å². The Labute approximate surface area is 156 Å². The van der Waals surface area contributed by atoms with Gasteiger partial charge in [-0.3, -0.25) is 14.6 Å². The van der Waals surface area contributed by atoms with Gasteiger partial charge in [0.15, 0.2) is 5.96 Å². The molecule has 1 aliphatic rings. The normalized spacial score (nSPS) is 20.1. The van der Waals surface area contributed by atoms with E-state index in [9.17, 15) is 0 Å². The quantitative estimate of drug-likeness (QED) is 0.292. The molecule has 7 nitrogen and oxygen atoms in total. The summed E-state index contributed by atoms with van der Waals surface area (Å²) < 4.78 is 1.95. The summed E-state index contributed by atoms with van der Waals surface area (Å²) in [5, 5.41) is 11.0. The molecule has 0 aromatic carbocycles. The van der Waals surface area contributed by atoms with Gasteiger partial charge in [0.05, 0.1) is 0 Å². The first-order chi connectivity index (χ1) is 10.7. The van der Waals surface area contributed by atoms with Gasteiger partial charge < -0.3 is 15.5 Å². The fourth-order valence-electron chi connectivity index (χ4n) is 2.64. The first-order valence-corrected chi connectivity index (χ1v) is 8.00. The largest absolute Gasteiger partial charge is 0.356 e. The fourth-order valence-corrected chi connectivity index (χ4v) is 2.64. The van der Waals surface area contributed by atoms with E-state index in [0.717, 1.165) is 51.6 Å². The van der Waals surface area contributed by atoms with Crippen LogP contribution in [0.5, 0.6) is 0 Å². The molecule has 132 valence electrons. The van der Waals surface area contributed by atoms with Gasteiger partial charge in [-0.15, -0.1) is 24.0 Å². The average molecular weight is 435 g/mol. The average Bonchev–Trinajstić information content (AvgIpc) is 3.03. The van der Waals surface area contributed by atoms with Crippen molar-refractivity contribution in [1.29, 1.82) is 0 Å². The Morgan fingerprint density at radius 2 is 2.13 bits per heavy atom. The Balaban J connectivity index is 0.00000264. The lowest BCUT2D eigenvalue weighted by Gasteiger charge is -2.37. The Morgan fingerprint density at radius 1 is 1.30 bits per heavy atom. The summed E-state index contributed by atoms with van der Waals surface area (Å²) in [7, 11) is 6.20. The molecule has 23 heavy (non-hydrogen) atoms. The second-order valence-electron chi connectivity index (χ2n) is 5.90. The third-order valence-corrected chi connectivity index (χ3v) is 4.12. The van der Waals surface area contributed by atoms with Gasteiger partial charge >= 0.3 is 0 Å². The molecular formula is C15H30IN7. The van der Waals surface area contributed by atoms with Crippen molar-refractivity contribution < 1.29 is 0 Å². The zero-order valence-electron chi connectivity index (χ0n) is 14.4. The summed E-state index contributed by atoms with van der Waals surface area (Å²) in [5.41, 5.74) is 0. The highest BCUT2D eigenvalue weighted by Gasteiger charge is 2.21. The number of nitrogens with zero attached hydrogens (tertiary/aromatic N) is 5. The monoisotopic (exact) mass is 435 g/mol. The number of piperazine rings is 1. The van der Waals surface area contributed by atoms with Crippen LogP contribution in [0, 0.1) is 0 Å².